The van der Waals surface area contributed by atoms with Crippen molar-refractivity contribution in [1.82, 2.24) is 20.0 Å². The number of hydrogen-bond donors (Lipinski definition) is 1. The Hall–Kier alpha value is -3.32. The van der Waals surface area contributed by atoms with Gasteiger partial charge in [0, 0.05) is 24.4 Å². The van der Waals surface area contributed by atoms with Gasteiger partial charge in [-0.1, -0.05) is 41.7 Å². The summed E-state index contributed by atoms with van der Waals surface area (Å²) < 4.78 is 1.74. The van der Waals surface area contributed by atoms with Crippen molar-refractivity contribution in [2.24, 2.45) is 0 Å². The van der Waals surface area contributed by atoms with Crippen LogP contribution < -0.4 is 5.32 Å². The lowest BCUT2D eigenvalue weighted by molar-refractivity contribution is 0.102. The molecular weight excluding hydrogens is 346 g/mol. The van der Waals surface area contributed by atoms with Crippen LogP contribution in [0, 0.1) is 0 Å². The maximum absolute atomic E-state index is 12.4. The molecule has 0 aliphatic rings. The van der Waals surface area contributed by atoms with Crippen molar-refractivity contribution in [3.05, 3.63) is 89.2 Å². The summed E-state index contributed by atoms with van der Waals surface area (Å²) in [6.45, 7) is 0. The van der Waals surface area contributed by atoms with Crippen LogP contribution in [0.15, 0.2) is 73.1 Å². The van der Waals surface area contributed by atoms with E-state index in [4.69, 9.17) is 0 Å². The van der Waals surface area contributed by atoms with Crippen LogP contribution in [0.3, 0.4) is 0 Å². The number of aromatic nitrogens is 4. The highest BCUT2D eigenvalue weighted by atomic mass is 32.1. The fourth-order valence-electron chi connectivity index (χ4n) is 2.50. The Bertz CT molecular complexity index is 994. The van der Waals surface area contributed by atoms with Gasteiger partial charge in [-0.25, -0.2) is 4.68 Å². The Kier molecular flexibility index (Phi) is 4.53. The van der Waals surface area contributed by atoms with E-state index in [1.165, 1.54) is 11.3 Å². The molecule has 0 saturated carbocycles. The first kappa shape index (κ1) is 16.2. The normalized spacial score (nSPS) is 10.6. The van der Waals surface area contributed by atoms with Crippen LogP contribution in [0.25, 0.3) is 5.69 Å². The number of benzene rings is 2. The van der Waals surface area contributed by atoms with Crippen LogP contribution in [0.1, 0.15) is 20.9 Å². The van der Waals surface area contributed by atoms with Gasteiger partial charge in [0.05, 0.1) is 5.69 Å². The standard InChI is InChI=1S/C19H15N5OS/c25-18(15-7-9-16(10-8-15)24-12-4-11-20-24)21-19-23-22-17(26-19)13-14-5-2-1-3-6-14/h1-12H,13H2,(H,21,23,25). The first-order valence-corrected chi connectivity index (χ1v) is 8.87. The Morgan fingerprint density at radius 1 is 1.00 bits per heavy atom. The molecule has 2 aromatic heterocycles. The zero-order valence-electron chi connectivity index (χ0n) is 13.7. The van der Waals surface area contributed by atoms with E-state index < -0.39 is 0 Å². The molecule has 128 valence electrons. The molecule has 1 amide bonds. The molecule has 4 aromatic rings. The largest absolute Gasteiger partial charge is 0.296 e. The second kappa shape index (κ2) is 7.28. The molecule has 0 unspecified atom stereocenters. The van der Waals surface area contributed by atoms with E-state index in [-0.39, 0.29) is 5.91 Å². The number of nitrogens with zero attached hydrogens (tertiary/aromatic N) is 4. The van der Waals surface area contributed by atoms with E-state index in [2.05, 4.69) is 20.6 Å². The van der Waals surface area contributed by atoms with Gasteiger partial charge < -0.3 is 0 Å². The fraction of sp³-hybridized carbons (Fsp3) is 0.0526. The van der Waals surface area contributed by atoms with Crippen LogP contribution in [-0.2, 0) is 6.42 Å². The van der Waals surface area contributed by atoms with Crippen LogP contribution in [0.2, 0.25) is 0 Å². The molecule has 7 heteroatoms. The molecule has 4 rings (SSSR count). The first-order chi connectivity index (χ1) is 12.8. The predicted octanol–water partition coefficient (Wildman–Crippen LogP) is 3.57. The lowest BCUT2D eigenvalue weighted by atomic mass is 10.2. The van der Waals surface area contributed by atoms with Gasteiger partial charge in [0.15, 0.2) is 0 Å². The summed E-state index contributed by atoms with van der Waals surface area (Å²) in [5.74, 6) is -0.209. The molecule has 0 radical (unpaired) electrons. The van der Waals surface area contributed by atoms with Gasteiger partial charge in [0.25, 0.3) is 5.91 Å². The summed E-state index contributed by atoms with van der Waals surface area (Å²) >= 11 is 1.38. The average Bonchev–Trinajstić information content (AvgIpc) is 3.35. The molecule has 2 heterocycles. The SMILES string of the molecule is O=C(Nc1nnc(Cc2ccccc2)s1)c1ccc(-n2cccn2)cc1. The van der Waals surface area contributed by atoms with Crippen molar-refractivity contribution in [3.8, 4) is 5.69 Å². The minimum absolute atomic E-state index is 0.209. The van der Waals surface area contributed by atoms with Crippen molar-refractivity contribution < 1.29 is 4.79 Å². The van der Waals surface area contributed by atoms with Crippen LogP contribution in [0.5, 0.6) is 0 Å². The molecule has 0 fully saturated rings. The molecule has 1 N–H and O–H groups in total. The van der Waals surface area contributed by atoms with Gasteiger partial charge in [0.2, 0.25) is 5.13 Å². The Balaban J connectivity index is 1.42. The zero-order valence-corrected chi connectivity index (χ0v) is 14.6. The molecule has 0 aliphatic carbocycles. The van der Waals surface area contributed by atoms with Crippen molar-refractivity contribution in [2.45, 2.75) is 6.42 Å². The Morgan fingerprint density at radius 2 is 1.81 bits per heavy atom. The third-order valence-corrected chi connectivity index (χ3v) is 4.62. The van der Waals surface area contributed by atoms with E-state index >= 15 is 0 Å². The number of rotatable bonds is 5. The number of amides is 1. The first-order valence-electron chi connectivity index (χ1n) is 8.06. The van der Waals surface area contributed by atoms with Crippen LogP contribution in [0.4, 0.5) is 5.13 Å². The number of hydrogen-bond acceptors (Lipinski definition) is 5. The highest BCUT2D eigenvalue weighted by Crippen LogP contribution is 2.19. The second-order valence-electron chi connectivity index (χ2n) is 5.61. The highest BCUT2D eigenvalue weighted by Gasteiger charge is 2.11. The Labute approximate surface area is 154 Å². The van der Waals surface area contributed by atoms with Crippen LogP contribution >= 0.6 is 11.3 Å². The smallest absolute Gasteiger partial charge is 0.257 e. The lowest BCUT2D eigenvalue weighted by Crippen LogP contribution is -2.11. The maximum atomic E-state index is 12.4. The number of anilines is 1. The van der Waals surface area contributed by atoms with E-state index in [9.17, 15) is 4.79 Å². The molecule has 0 aliphatic heterocycles. The zero-order chi connectivity index (χ0) is 17.8. The summed E-state index contributed by atoms with van der Waals surface area (Å²) in [7, 11) is 0. The molecule has 0 spiro atoms. The molecule has 26 heavy (non-hydrogen) atoms. The lowest BCUT2D eigenvalue weighted by Gasteiger charge is -2.04. The summed E-state index contributed by atoms with van der Waals surface area (Å²) in [5, 5.41) is 16.5. The molecule has 0 bridgehead atoms. The van der Waals surface area contributed by atoms with Crippen molar-refractivity contribution in [1.29, 1.82) is 0 Å². The highest BCUT2D eigenvalue weighted by molar-refractivity contribution is 7.15. The molecular formula is C19H15N5OS. The summed E-state index contributed by atoms with van der Waals surface area (Å²) in [6, 6.07) is 19.1. The van der Waals surface area contributed by atoms with Gasteiger partial charge in [-0.3, -0.25) is 10.1 Å². The van der Waals surface area contributed by atoms with Gasteiger partial charge in [0.1, 0.15) is 5.01 Å². The van der Waals surface area contributed by atoms with E-state index in [1.54, 1.807) is 23.0 Å². The number of carbonyl (C=O) groups is 1. The average molecular weight is 361 g/mol. The molecule has 0 atom stereocenters. The van der Waals surface area contributed by atoms with E-state index in [0.717, 1.165) is 16.3 Å². The second-order valence-corrected chi connectivity index (χ2v) is 6.68. The Morgan fingerprint density at radius 3 is 2.54 bits per heavy atom. The van der Waals surface area contributed by atoms with E-state index in [1.807, 2.05) is 54.7 Å². The molecule has 0 saturated heterocycles. The minimum atomic E-state index is -0.209. The number of nitrogens with one attached hydrogen (secondary N) is 1. The quantitative estimate of drug-likeness (QED) is 0.590. The predicted molar refractivity (Wildman–Crippen MR) is 101 cm³/mol. The van der Waals surface area contributed by atoms with Crippen molar-refractivity contribution >= 4 is 22.4 Å². The third kappa shape index (κ3) is 3.68. The third-order valence-electron chi connectivity index (χ3n) is 3.78. The number of carbonyl (C=O) groups excluding carboxylic acids is 1. The van der Waals surface area contributed by atoms with E-state index in [0.29, 0.717) is 17.1 Å². The summed E-state index contributed by atoms with van der Waals surface area (Å²) in [5.41, 5.74) is 2.61. The van der Waals surface area contributed by atoms with Crippen molar-refractivity contribution in [2.75, 3.05) is 5.32 Å². The minimum Gasteiger partial charge on any atom is -0.296 e. The molecule has 6 nitrogen and oxygen atoms in total. The summed E-state index contributed by atoms with van der Waals surface area (Å²) in [4.78, 5) is 12.4. The van der Waals surface area contributed by atoms with Gasteiger partial charge >= 0.3 is 0 Å². The van der Waals surface area contributed by atoms with Gasteiger partial charge in [-0.15, -0.1) is 10.2 Å². The topological polar surface area (TPSA) is 72.7 Å². The maximum Gasteiger partial charge on any atom is 0.257 e. The van der Waals surface area contributed by atoms with Gasteiger partial charge in [-0.2, -0.15) is 5.10 Å². The molecule has 2 aromatic carbocycles. The summed E-state index contributed by atoms with van der Waals surface area (Å²) in [6.07, 6.45) is 4.26. The van der Waals surface area contributed by atoms with Crippen LogP contribution in [-0.4, -0.2) is 25.9 Å². The van der Waals surface area contributed by atoms with Crippen molar-refractivity contribution in [3.63, 3.8) is 0 Å². The van der Waals surface area contributed by atoms with Gasteiger partial charge in [-0.05, 0) is 35.9 Å². The monoisotopic (exact) mass is 361 g/mol. The fourth-order valence-corrected chi connectivity index (χ4v) is 3.27.